The summed E-state index contributed by atoms with van der Waals surface area (Å²) in [7, 11) is 0. The highest BCUT2D eigenvalue weighted by atomic mass is 16.3. The summed E-state index contributed by atoms with van der Waals surface area (Å²) in [6.07, 6.45) is 4.29. The van der Waals surface area contributed by atoms with Crippen LogP contribution in [0, 0.1) is 5.92 Å². The summed E-state index contributed by atoms with van der Waals surface area (Å²) in [4.78, 5) is 2.45. The van der Waals surface area contributed by atoms with Crippen molar-refractivity contribution in [3.05, 3.63) is 29.3 Å². The first-order valence-corrected chi connectivity index (χ1v) is 10.1. The maximum atomic E-state index is 12.0. The summed E-state index contributed by atoms with van der Waals surface area (Å²) in [6, 6.07) is 5.30. The van der Waals surface area contributed by atoms with Gasteiger partial charge in [-0.3, -0.25) is 4.90 Å². The number of nitrogens with zero attached hydrogens (tertiary/aromatic N) is 1. The molecule has 1 aromatic carbocycles. The van der Waals surface area contributed by atoms with Gasteiger partial charge < -0.3 is 20.4 Å². The van der Waals surface area contributed by atoms with E-state index in [1.54, 1.807) is 12.1 Å². The van der Waals surface area contributed by atoms with E-state index < -0.39 is 23.2 Å². The Morgan fingerprint density at radius 1 is 1.12 bits per heavy atom. The summed E-state index contributed by atoms with van der Waals surface area (Å²) in [5.74, 6) is 0.884. The van der Waals surface area contributed by atoms with Crippen LogP contribution in [0.4, 0.5) is 0 Å². The standard InChI is InChI=1S/C21H29NO4/c23-15-5-4-14-10-18-21(26)7-6-17(24)19(25)20(21,16(14)11-15)8-9-22(18)12-13-2-1-3-13/h4-5,11,13,17-19,23-26H,1-3,6-10,12H2/t17-,18?,19-,20-,21+/m0/s1. The number of piperidine rings is 1. The van der Waals surface area contributed by atoms with Crippen molar-refractivity contribution in [2.45, 2.75) is 74.2 Å². The first-order chi connectivity index (χ1) is 12.5. The highest BCUT2D eigenvalue weighted by molar-refractivity contribution is 5.49. The Hall–Kier alpha value is -1.14. The zero-order chi connectivity index (χ0) is 18.1. The van der Waals surface area contributed by atoms with Gasteiger partial charge in [0.2, 0.25) is 0 Å². The molecular formula is C21H29NO4. The fourth-order valence-electron chi connectivity index (χ4n) is 6.36. The smallest absolute Gasteiger partial charge is 0.115 e. The molecule has 26 heavy (non-hydrogen) atoms. The van der Waals surface area contributed by atoms with Crippen molar-refractivity contribution in [1.82, 2.24) is 4.90 Å². The number of aliphatic hydroxyl groups excluding tert-OH is 2. The minimum atomic E-state index is -1.06. The monoisotopic (exact) mass is 359 g/mol. The van der Waals surface area contributed by atoms with Gasteiger partial charge in [0.15, 0.2) is 0 Å². The fourth-order valence-corrected chi connectivity index (χ4v) is 6.36. The first kappa shape index (κ1) is 17.0. The number of likely N-dealkylation sites (tertiary alicyclic amines) is 1. The van der Waals surface area contributed by atoms with Crippen LogP contribution in [0.15, 0.2) is 18.2 Å². The van der Waals surface area contributed by atoms with Gasteiger partial charge in [-0.25, -0.2) is 0 Å². The van der Waals surface area contributed by atoms with Gasteiger partial charge in [0.05, 0.1) is 23.2 Å². The second-order valence-corrected chi connectivity index (χ2v) is 9.05. The second kappa shape index (κ2) is 5.68. The molecule has 1 aromatic rings. The lowest BCUT2D eigenvalue weighted by atomic mass is 9.48. The molecule has 1 aliphatic heterocycles. The molecule has 5 atom stereocenters. The maximum Gasteiger partial charge on any atom is 0.115 e. The number of aliphatic hydroxyl groups is 3. The number of rotatable bonds is 2. The Balaban J connectivity index is 1.63. The predicted molar refractivity (Wildman–Crippen MR) is 97.0 cm³/mol. The topological polar surface area (TPSA) is 84.2 Å². The molecular weight excluding hydrogens is 330 g/mol. The molecule has 5 nitrogen and oxygen atoms in total. The Morgan fingerprint density at radius 3 is 2.65 bits per heavy atom. The van der Waals surface area contributed by atoms with E-state index in [1.165, 1.54) is 19.3 Å². The highest BCUT2D eigenvalue weighted by Crippen LogP contribution is 2.58. The van der Waals surface area contributed by atoms with Crippen molar-refractivity contribution < 1.29 is 20.4 Å². The molecule has 4 aliphatic rings. The van der Waals surface area contributed by atoms with E-state index in [1.807, 2.05) is 6.07 Å². The molecule has 5 rings (SSSR count). The number of hydrogen-bond donors (Lipinski definition) is 4. The fraction of sp³-hybridized carbons (Fsp3) is 0.714. The largest absolute Gasteiger partial charge is 0.508 e. The second-order valence-electron chi connectivity index (χ2n) is 9.05. The van der Waals surface area contributed by atoms with Crippen LogP contribution in [-0.2, 0) is 11.8 Å². The van der Waals surface area contributed by atoms with Crippen LogP contribution in [0.5, 0.6) is 5.75 Å². The molecule has 1 saturated heterocycles. The van der Waals surface area contributed by atoms with Crippen molar-refractivity contribution in [2.75, 3.05) is 13.1 Å². The zero-order valence-corrected chi connectivity index (χ0v) is 15.1. The number of aromatic hydroxyl groups is 1. The molecule has 5 heteroatoms. The molecule has 1 heterocycles. The van der Waals surface area contributed by atoms with Crippen molar-refractivity contribution in [1.29, 1.82) is 0 Å². The molecule has 0 amide bonds. The number of phenolic OH excluding ortho intramolecular Hbond substituents is 1. The first-order valence-electron chi connectivity index (χ1n) is 10.1. The van der Waals surface area contributed by atoms with Gasteiger partial charge in [-0.05, 0) is 74.2 Å². The van der Waals surface area contributed by atoms with Crippen LogP contribution in [-0.4, -0.2) is 62.3 Å². The van der Waals surface area contributed by atoms with Gasteiger partial charge in [-0.2, -0.15) is 0 Å². The summed E-state index contributed by atoms with van der Waals surface area (Å²) in [5.41, 5.74) is -0.0265. The third-order valence-corrected chi connectivity index (χ3v) is 7.95. The molecule has 1 unspecified atom stereocenters. The quantitative estimate of drug-likeness (QED) is 0.640. The lowest BCUT2D eigenvalue weighted by Gasteiger charge is -2.66. The molecule has 3 aliphatic carbocycles. The van der Waals surface area contributed by atoms with Crippen LogP contribution in [0.2, 0.25) is 0 Å². The maximum absolute atomic E-state index is 12.0. The van der Waals surface area contributed by atoms with Crippen LogP contribution >= 0.6 is 0 Å². The molecule has 142 valence electrons. The molecule has 0 spiro atoms. The van der Waals surface area contributed by atoms with Crippen molar-refractivity contribution in [3.8, 4) is 5.75 Å². The van der Waals surface area contributed by atoms with Gasteiger partial charge in [0.1, 0.15) is 5.75 Å². The van der Waals surface area contributed by atoms with Gasteiger partial charge in [-0.15, -0.1) is 0 Å². The summed E-state index contributed by atoms with van der Waals surface area (Å²) >= 11 is 0. The number of fused-ring (bicyclic) bond motifs is 1. The van der Waals surface area contributed by atoms with Crippen LogP contribution in [0.1, 0.15) is 49.7 Å². The Labute approximate surface area is 154 Å². The van der Waals surface area contributed by atoms with E-state index >= 15 is 0 Å². The molecule has 3 fully saturated rings. The summed E-state index contributed by atoms with van der Waals surface area (Å²) in [5, 5.41) is 43.6. The van der Waals surface area contributed by atoms with E-state index in [2.05, 4.69) is 4.90 Å². The van der Waals surface area contributed by atoms with Gasteiger partial charge >= 0.3 is 0 Å². The van der Waals surface area contributed by atoms with Crippen LogP contribution < -0.4 is 0 Å². The third-order valence-electron chi connectivity index (χ3n) is 7.95. The Kier molecular flexibility index (Phi) is 3.71. The van der Waals surface area contributed by atoms with E-state index in [-0.39, 0.29) is 11.8 Å². The SMILES string of the molecule is Oc1ccc2c(c1)[C@]13CCN(CC4CCC4)C(C2)[C@]1(O)CC[C@H](O)[C@@H]3O. The molecule has 2 saturated carbocycles. The molecule has 0 aromatic heterocycles. The highest BCUT2D eigenvalue weighted by Gasteiger charge is 2.68. The normalized spacial score (nSPS) is 42.7. The molecule has 2 bridgehead atoms. The molecule has 0 radical (unpaired) electrons. The lowest BCUT2D eigenvalue weighted by molar-refractivity contribution is -0.226. The third kappa shape index (κ3) is 2.06. The minimum absolute atomic E-state index is 0.0314. The van der Waals surface area contributed by atoms with Gasteiger partial charge in [0.25, 0.3) is 0 Å². The minimum Gasteiger partial charge on any atom is -0.508 e. The van der Waals surface area contributed by atoms with Crippen molar-refractivity contribution in [2.24, 2.45) is 5.92 Å². The Bertz CT molecular complexity index is 720. The molecule has 4 N–H and O–H groups in total. The number of phenols is 1. The van der Waals surface area contributed by atoms with E-state index in [0.717, 1.165) is 36.6 Å². The average Bonchev–Trinajstić information content (AvgIpc) is 2.57. The van der Waals surface area contributed by atoms with Gasteiger partial charge in [0, 0.05) is 12.6 Å². The van der Waals surface area contributed by atoms with Gasteiger partial charge in [-0.1, -0.05) is 12.5 Å². The van der Waals surface area contributed by atoms with Crippen molar-refractivity contribution >= 4 is 0 Å². The van der Waals surface area contributed by atoms with E-state index in [9.17, 15) is 20.4 Å². The number of benzene rings is 1. The van der Waals surface area contributed by atoms with Crippen LogP contribution in [0.25, 0.3) is 0 Å². The lowest BCUT2D eigenvalue weighted by Crippen LogP contribution is -2.78. The zero-order valence-electron chi connectivity index (χ0n) is 15.1. The predicted octanol–water partition coefficient (Wildman–Crippen LogP) is 1.31. The number of hydrogen-bond acceptors (Lipinski definition) is 5. The van der Waals surface area contributed by atoms with Crippen molar-refractivity contribution in [3.63, 3.8) is 0 Å². The van der Waals surface area contributed by atoms with E-state index in [0.29, 0.717) is 19.3 Å². The summed E-state index contributed by atoms with van der Waals surface area (Å²) in [6.45, 7) is 1.84. The van der Waals surface area contributed by atoms with Crippen LogP contribution in [0.3, 0.4) is 0 Å². The Morgan fingerprint density at radius 2 is 1.92 bits per heavy atom. The average molecular weight is 359 g/mol. The van der Waals surface area contributed by atoms with E-state index in [4.69, 9.17) is 0 Å². The summed E-state index contributed by atoms with van der Waals surface area (Å²) < 4.78 is 0.